The highest BCUT2D eigenvalue weighted by molar-refractivity contribution is 5.94. The van der Waals surface area contributed by atoms with Gasteiger partial charge in [0.2, 0.25) is 0 Å². The molecular formula is C23H29F2N5O. The van der Waals surface area contributed by atoms with Crippen LogP contribution in [0.5, 0.6) is 0 Å². The number of hydrogen-bond donors (Lipinski definition) is 1. The molecule has 1 aromatic heterocycles. The number of rotatable bonds is 6. The summed E-state index contributed by atoms with van der Waals surface area (Å²) < 4.78 is 29.8. The number of carbonyl (C=O) groups excluding carboxylic acids is 1. The number of halogens is 2. The van der Waals surface area contributed by atoms with Crippen LogP contribution in [0, 0.1) is 11.6 Å². The van der Waals surface area contributed by atoms with Crippen LogP contribution in [0.2, 0.25) is 0 Å². The number of aromatic nitrogens is 2. The fourth-order valence-corrected chi connectivity index (χ4v) is 4.41. The molecule has 8 heteroatoms. The second-order valence-corrected chi connectivity index (χ2v) is 8.36. The first-order valence-corrected chi connectivity index (χ1v) is 10.8. The molecule has 4 rings (SSSR count). The van der Waals surface area contributed by atoms with E-state index in [1.165, 1.54) is 18.2 Å². The monoisotopic (exact) mass is 429 g/mol. The Labute approximate surface area is 181 Å². The van der Waals surface area contributed by atoms with Gasteiger partial charge in [0.15, 0.2) is 5.69 Å². The van der Waals surface area contributed by atoms with Crippen molar-refractivity contribution in [3.8, 4) is 0 Å². The number of hydrogen-bond acceptors (Lipinski definition) is 4. The molecule has 2 aromatic rings. The Morgan fingerprint density at radius 3 is 2.65 bits per heavy atom. The van der Waals surface area contributed by atoms with E-state index >= 15 is 0 Å². The molecule has 0 radical (unpaired) electrons. The van der Waals surface area contributed by atoms with Gasteiger partial charge in [-0.05, 0) is 38.4 Å². The van der Waals surface area contributed by atoms with Crippen molar-refractivity contribution in [2.24, 2.45) is 0 Å². The Morgan fingerprint density at radius 2 is 1.97 bits per heavy atom. The van der Waals surface area contributed by atoms with E-state index in [0.717, 1.165) is 37.2 Å². The molecule has 1 fully saturated rings. The van der Waals surface area contributed by atoms with E-state index in [-0.39, 0.29) is 24.1 Å². The van der Waals surface area contributed by atoms with E-state index < -0.39 is 11.6 Å². The second kappa shape index (κ2) is 9.28. The van der Waals surface area contributed by atoms with Crippen LogP contribution in [0.1, 0.15) is 33.7 Å². The fraction of sp³-hybridized carbons (Fsp3) is 0.478. The van der Waals surface area contributed by atoms with Crippen molar-refractivity contribution < 1.29 is 13.6 Å². The third kappa shape index (κ3) is 4.55. The van der Waals surface area contributed by atoms with Gasteiger partial charge in [-0.1, -0.05) is 12.1 Å². The zero-order valence-corrected chi connectivity index (χ0v) is 17.9. The molecule has 0 spiro atoms. The molecule has 1 aromatic carbocycles. The minimum absolute atomic E-state index is 0.0203. The lowest BCUT2D eigenvalue weighted by atomic mass is 9.90. The highest BCUT2D eigenvalue weighted by Crippen LogP contribution is 2.27. The van der Waals surface area contributed by atoms with Crippen LogP contribution < -0.4 is 5.32 Å². The lowest BCUT2D eigenvalue weighted by Gasteiger charge is -2.32. The Morgan fingerprint density at radius 1 is 1.26 bits per heavy atom. The Bertz CT molecular complexity index is 945. The van der Waals surface area contributed by atoms with Crippen LogP contribution in [-0.2, 0) is 25.9 Å². The van der Waals surface area contributed by atoms with E-state index in [1.54, 1.807) is 6.08 Å². The Hall–Kier alpha value is -2.58. The van der Waals surface area contributed by atoms with Crippen molar-refractivity contribution in [2.75, 3.05) is 33.2 Å². The van der Waals surface area contributed by atoms with Gasteiger partial charge in [-0.25, -0.2) is 8.78 Å². The van der Waals surface area contributed by atoms with Crippen LogP contribution in [0.25, 0.3) is 0 Å². The van der Waals surface area contributed by atoms with Gasteiger partial charge in [0.25, 0.3) is 5.91 Å². The SMILES string of the molecule is C=CCn1nc(C(=O)N2CCN(C)CC2)c2c1CC[C@@H](NCc1c(F)cccc1F)C2. The number of nitrogens with one attached hydrogen (secondary N) is 1. The standard InChI is InChI=1S/C23H29F2N5O/c1-3-9-30-21-8-7-16(26-15-18-19(24)5-4-6-20(18)25)14-17(21)22(27-30)23(31)29-12-10-28(2)11-13-29/h3-6,16,26H,1,7-15H2,2H3/t16-/m1/s1. The molecule has 2 aliphatic rings. The summed E-state index contributed by atoms with van der Waals surface area (Å²) in [6.07, 6.45) is 3.96. The van der Waals surface area contributed by atoms with E-state index in [9.17, 15) is 13.6 Å². The van der Waals surface area contributed by atoms with Crippen molar-refractivity contribution in [3.63, 3.8) is 0 Å². The van der Waals surface area contributed by atoms with Crippen LogP contribution in [0.3, 0.4) is 0 Å². The number of carbonyl (C=O) groups is 1. The van der Waals surface area contributed by atoms with Gasteiger partial charge in [-0.3, -0.25) is 9.48 Å². The number of piperazine rings is 1. The first-order valence-electron chi connectivity index (χ1n) is 10.8. The van der Waals surface area contributed by atoms with E-state index in [0.29, 0.717) is 31.7 Å². The lowest BCUT2D eigenvalue weighted by molar-refractivity contribution is 0.0656. The molecule has 1 saturated heterocycles. The zero-order valence-electron chi connectivity index (χ0n) is 17.9. The highest BCUT2D eigenvalue weighted by atomic mass is 19.1. The van der Waals surface area contributed by atoms with Crippen molar-refractivity contribution in [1.29, 1.82) is 0 Å². The molecule has 1 aliphatic heterocycles. The first kappa shape index (κ1) is 21.6. The molecular weight excluding hydrogens is 400 g/mol. The topological polar surface area (TPSA) is 53.4 Å². The minimum Gasteiger partial charge on any atom is -0.335 e. The Kier molecular flexibility index (Phi) is 6.48. The van der Waals surface area contributed by atoms with Gasteiger partial charge >= 0.3 is 0 Å². The largest absolute Gasteiger partial charge is 0.335 e. The van der Waals surface area contributed by atoms with Gasteiger partial charge in [-0.2, -0.15) is 5.10 Å². The van der Waals surface area contributed by atoms with Crippen LogP contribution in [-0.4, -0.2) is 64.8 Å². The van der Waals surface area contributed by atoms with Crippen LogP contribution >= 0.6 is 0 Å². The average molecular weight is 430 g/mol. The summed E-state index contributed by atoms with van der Waals surface area (Å²) in [5.41, 5.74) is 2.56. The van der Waals surface area contributed by atoms with Crippen molar-refractivity contribution in [3.05, 3.63) is 65.0 Å². The molecule has 0 saturated carbocycles. The van der Waals surface area contributed by atoms with Crippen molar-refractivity contribution >= 4 is 5.91 Å². The van der Waals surface area contributed by atoms with Gasteiger partial charge in [-0.15, -0.1) is 6.58 Å². The minimum atomic E-state index is -0.547. The first-order chi connectivity index (χ1) is 15.0. The van der Waals surface area contributed by atoms with Gasteiger partial charge in [0.1, 0.15) is 11.6 Å². The summed E-state index contributed by atoms with van der Waals surface area (Å²) in [4.78, 5) is 17.3. The van der Waals surface area contributed by atoms with E-state index in [1.807, 2.05) is 9.58 Å². The van der Waals surface area contributed by atoms with Crippen LogP contribution in [0.4, 0.5) is 8.78 Å². The third-order valence-electron chi connectivity index (χ3n) is 6.27. The number of amides is 1. The number of allylic oxidation sites excluding steroid dienone is 1. The van der Waals surface area contributed by atoms with E-state index in [2.05, 4.69) is 28.9 Å². The Balaban J connectivity index is 1.52. The molecule has 1 N–H and O–H groups in total. The van der Waals surface area contributed by atoms with E-state index in [4.69, 9.17) is 0 Å². The molecule has 1 atom stereocenters. The lowest BCUT2D eigenvalue weighted by Crippen LogP contribution is -2.47. The summed E-state index contributed by atoms with van der Waals surface area (Å²) >= 11 is 0. The quantitative estimate of drug-likeness (QED) is 0.717. The summed E-state index contributed by atoms with van der Waals surface area (Å²) in [6, 6.07) is 3.92. The second-order valence-electron chi connectivity index (χ2n) is 8.36. The third-order valence-corrected chi connectivity index (χ3v) is 6.27. The summed E-state index contributed by atoms with van der Waals surface area (Å²) in [7, 11) is 2.05. The van der Waals surface area contributed by atoms with Crippen LogP contribution in [0.15, 0.2) is 30.9 Å². The zero-order chi connectivity index (χ0) is 22.0. The number of benzene rings is 1. The molecule has 1 aliphatic carbocycles. The molecule has 31 heavy (non-hydrogen) atoms. The molecule has 0 unspecified atom stereocenters. The van der Waals surface area contributed by atoms with Crippen molar-refractivity contribution in [2.45, 2.75) is 38.4 Å². The smallest absolute Gasteiger partial charge is 0.274 e. The fourth-order valence-electron chi connectivity index (χ4n) is 4.41. The summed E-state index contributed by atoms with van der Waals surface area (Å²) in [5.74, 6) is -1.13. The number of likely N-dealkylation sites (N-methyl/N-ethyl adjacent to an activating group) is 1. The average Bonchev–Trinajstić information content (AvgIpc) is 3.11. The molecule has 2 heterocycles. The highest BCUT2D eigenvalue weighted by Gasteiger charge is 2.32. The predicted molar refractivity (Wildman–Crippen MR) is 115 cm³/mol. The molecule has 0 bridgehead atoms. The summed E-state index contributed by atoms with van der Waals surface area (Å²) in [5, 5.41) is 7.93. The number of fused-ring (bicyclic) bond motifs is 1. The van der Waals surface area contributed by atoms with Crippen molar-refractivity contribution in [1.82, 2.24) is 24.9 Å². The van der Waals surface area contributed by atoms with Gasteiger partial charge in [0.05, 0.1) is 6.54 Å². The molecule has 1 amide bonds. The maximum Gasteiger partial charge on any atom is 0.274 e. The van der Waals surface area contributed by atoms with Gasteiger partial charge < -0.3 is 15.1 Å². The van der Waals surface area contributed by atoms with Gasteiger partial charge in [0, 0.05) is 55.6 Å². The maximum absolute atomic E-state index is 14.0. The molecule has 6 nitrogen and oxygen atoms in total. The normalized spacial score (nSPS) is 19.3. The summed E-state index contributed by atoms with van der Waals surface area (Å²) in [6.45, 7) is 7.54. The maximum atomic E-state index is 14.0. The number of nitrogens with zero attached hydrogens (tertiary/aromatic N) is 4. The predicted octanol–water partition coefficient (Wildman–Crippen LogP) is 2.38. The molecule has 166 valence electrons.